The van der Waals surface area contributed by atoms with E-state index in [4.69, 9.17) is 27.3 Å². The highest BCUT2D eigenvalue weighted by atomic mass is 35.5. The third kappa shape index (κ3) is 4.37. The SMILES string of the molecule is NC(=O)C(c1ccc(Cl)cc1)N1CCN(c2nc(-c3cccnc3)nc3ccccc23)CC1. The second kappa shape index (κ2) is 9.13. The van der Waals surface area contributed by atoms with Gasteiger partial charge in [0.25, 0.3) is 0 Å². The zero-order valence-electron chi connectivity index (χ0n) is 17.9. The molecule has 166 valence electrons. The van der Waals surface area contributed by atoms with E-state index in [9.17, 15) is 4.79 Å². The van der Waals surface area contributed by atoms with E-state index >= 15 is 0 Å². The van der Waals surface area contributed by atoms with Crippen molar-refractivity contribution in [3.63, 3.8) is 0 Å². The number of rotatable bonds is 5. The molecule has 0 bridgehead atoms. The number of aromatic nitrogens is 3. The molecule has 0 radical (unpaired) electrons. The minimum atomic E-state index is -0.488. The van der Waals surface area contributed by atoms with Crippen LogP contribution in [-0.2, 0) is 4.79 Å². The van der Waals surface area contributed by atoms with Gasteiger partial charge < -0.3 is 10.6 Å². The van der Waals surface area contributed by atoms with Gasteiger partial charge >= 0.3 is 0 Å². The third-order valence-corrected chi connectivity index (χ3v) is 6.19. The Labute approximate surface area is 196 Å². The number of fused-ring (bicyclic) bond motifs is 1. The van der Waals surface area contributed by atoms with Crippen LogP contribution in [0.4, 0.5) is 5.82 Å². The standard InChI is InChI=1S/C25H23ClN6O/c26-19-9-7-17(8-10-19)22(23(27)33)31-12-14-32(15-13-31)25-20-5-1-2-6-21(20)29-24(30-25)18-4-3-11-28-16-18/h1-11,16,22H,12-15H2,(H2,27,33). The maximum absolute atomic E-state index is 12.3. The second-order valence-electron chi connectivity index (χ2n) is 8.01. The monoisotopic (exact) mass is 458 g/mol. The van der Waals surface area contributed by atoms with Crippen LogP contribution in [0, 0.1) is 0 Å². The number of benzene rings is 2. The summed E-state index contributed by atoms with van der Waals surface area (Å²) < 4.78 is 0. The van der Waals surface area contributed by atoms with Crippen molar-refractivity contribution < 1.29 is 4.79 Å². The van der Waals surface area contributed by atoms with Crippen molar-refractivity contribution >= 4 is 34.2 Å². The number of primary amides is 1. The van der Waals surface area contributed by atoms with Gasteiger partial charge in [0.2, 0.25) is 5.91 Å². The Hall–Kier alpha value is -3.55. The van der Waals surface area contributed by atoms with Crippen molar-refractivity contribution in [3.8, 4) is 11.4 Å². The first-order chi connectivity index (χ1) is 16.1. The first kappa shape index (κ1) is 21.3. The number of nitrogens with zero attached hydrogens (tertiary/aromatic N) is 5. The van der Waals surface area contributed by atoms with E-state index in [1.54, 1.807) is 24.5 Å². The number of pyridine rings is 1. The minimum absolute atomic E-state index is 0.364. The van der Waals surface area contributed by atoms with E-state index in [2.05, 4.69) is 14.8 Å². The molecular formula is C25H23ClN6O. The molecule has 1 aliphatic rings. The molecule has 1 amide bonds. The van der Waals surface area contributed by atoms with E-state index in [0.717, 1.165) is 27.8 Å². The van der Waals surface area contributed by atoms with Crippen LogP contribution in [0.1, 0.15) is 11.6 Å². The van der Waals surface area contributed by atoms with E-state index in [-0.39, 0.29) is 5.91 Å². The Morgan fingerprint density at radius 2 is 1.70 bits per heavy atom. The summed E-state index contributed by atoms with van der Waals surface area (Å²) in [6.07, 6.45) is 3.51. The molecule has 1 atom stereocenters. The molecule has 7 nitrogen and oxygen atoms in total. The van der Waals surface area contributed by atoms with E-state index in [0.29, 0.717) is 37.0 Å². The lowest BCUT2D eigenvalue weighted by Gasteiger charge is -2.39. The van der Waals surface area contributed by atoms with Crippen LogP contribution in [0.2, 0.25) is 5.02 Å². The van der Waals surface area contributed by atoms with Crippen molar-refractivity contribution in [3.05, 3.63) is 83.6 Å². The smallest absolute Gasteiger partial charge is 0.239 e. The van der Waals surface area contributed by atoms with Gasteiger partial charge in [-0.1, -0.05) is 35.9 Å². The lowest BCUT2D eigenvalue weighted by molar-refractivity contribution is -0.123. The van der Waals surface area contributed by atoms with Gasteiger partial charge in [-0.3, -0.25) is 14.7 Å². The number of carbonyl (C=O) groups is 1. The Balaban J connectivity index is 1.43. The van der Waals surface area contributed by atoms with E-state index in [1.165, 1.54) is 0 Å². The zero-order valence-corrected chi connectivity index (χ0v) is 18.7. The molecule has 2 N–H and O–H groups in total. The van der Waals surface area contributed by atoms with Crippen LogP contribution in [-0.4, -0.2) is 51.9 Å². The molecule has 2 aromatic carbocycles. The number of para-hydroxylation sites is 1. The molecule has 33 heavy (non-hydrogen) atoms. The van der Waals surface area contributed by atoms with Crippen LogP contribution in [0.15, 0.2) is 73.1 Å². The average Bonchev–Trinajstić information content (AvgIpc) is 2.85. The molecule has 2 aromatic heterocycles. The number of hydrogen-bond donors (Lipinski definition) is 1. The number of anilines is 1. The fourth-order valence-corrected chi connectivity index (χ4v) is 4.44. The first-order valence-corrected chi connectivity index (χ1v) is 11.2. The van der Waals surface area contributed by atoms with Crippen molar-refractivity contribution in [2.45, 2.75) is 6.04 Å². The first-order valence-electron chi connectivity index (χ1n) is 10.8. The predicted molar refractivity (Wildman–Crippen MR) is 130 cm³/mol. The van der Waals surface area contributed by atoms with Crippen LogP contribution in [0.25, 0.3) is 22.3 Å². The van der Waals surface area contributed by atoms with Gasteiger partial charge in [0, 0.05) is 54.5 Å². The van der Waals surface area contributed by atoms with Gasteiger partial charge in [-0.2, -0.15) is 0 Å². The van der Waals surface area contributed by atoms with E-state index < -0.39 is 6.04 Å². The summed E-state index contributed by atoms with van der Waals surface area (Å²) in [6, 6.07) is 18.7. The van der Waals surface area contributed by atoms with Crippen LogP contribution >= 0.6 is 11.6 Å². The van der Waals surface area contributed by atoms with Gasteiger partial charge in [0.1, 0.15) is 11.9 Å². The van der Waals surface area contributed by atoms with E-state index in [1.807, 2.05) is 48.5 Å². The lowest BCUT2D eigenvalue weighted by Crippen LogP contribution is -2.50. The molecule has 5 rings (SSSR count). The lowest BCUT2D eigenvalue weighted by atomic mass is 10.0. The highest BCUT2D eigenvalue weighted by Gasteiger charge is 2.30. The Kier molecular flexibility index (Phi) is 5.90. The summed E-state index contributed by atoms with van der Waals surface area (Å²) in [7, 11) is 0. The summed E-state index contributed by atoms with van der Waals surface area (Å²) in [5, 5.41) is 1.63. The van der Waals surface area contributed by atoms with Gasteiger partial charge in [0.15, 0.2) is 5.82 Å². The predicted octanol–water partition coefficient (Wildman–Crippen LogP) is 3.69. The normalized spacial score (nSPS) is 15.5. The van der Waals surface area contributed by atoms with Crippen LogP contribution in [0.5, 0.6) is 0 Å². The summed E-state index contributed by atoms with van der Waals surface area (Å²) >= 11 is 6.02. The molecular weight excluding hydrogens is 436 g/mol. The summed E-state index contributed by atoms with van der Waals surface area (Å²) in [5.74, 6) is 1.17. The molecule has 1 saturated heterocycles. The Morgan fingerprint density at radius 1 is 0.939 bits per heavy atom. The molecule has 1 fully saturated rings. The fraction of sp³-hybridized carbons (Fsp3) is 0.200. The molecule has 3 heterocycles. The number of hydrogen-bond acceptors (Lipinski definition) is 6. The maximum Gasteiger partial charge on any atom is 0.239 e. The maximum atomic E-state index is 12.3. The summed E-state index contributed by atoms with van der Waals surface area (Å²) in [4.78, 5) is 30.6. The number of nitrogens with two attached hydrogens (primary N) is 1. The van der Waals surface area contributed by atoms with Gasteiger partial charge in [0.05, 0.1) is 5.52 Å². The fourth-order valence-electron chi connectivity index (χ4n) is 4.32. The average molecular weight is 459 g/mol. The number of amides is 1. The molecule has 1 aliphatic heterocycles. The number of carbonyl (C=O) groups excluding carboxylic acids is 1. The largest absolute Gasteiger partial charge is 0.368 e. The van der Waals surface area contributed by atoms with Crippen LogP contribution in [0.3, 0.4) is 0 Å². The van der Waals surface area contributed by atoms with Crippen molar-refractivity contribution in [1.29, 1.82) is 0 Å². The topological polar surface area (TPSA) is 88.2 Å². The number of halogens is 1. The highest BCUT2D eigenvalue weighted by Crippen LogP contribution is 2.30. The highest BCUT2D eigenvalue weighted by molar-refractivity contribution is 6.30. The molecule has 0 saturated carbocycles. The molecule has 0 aliphatic carbocycles. The Morgan fingerprint density at radius 3 is 2.39 bits per heavy atom. The molecule has 8 heteroatoms. The van der Waals surface area contributed by atoms with Crippen LogP contribution < -0.4 is 10.6 Å². The molecule has 0 spiro atoms. The van der Waals surface area contributed by atoms with Crippen molar-refractivity contribution in [2.75, 3.05) is 31.1 Å². The summed E-state index contributed by atoms with van der Waals surface area (Å²) in [5.41, 5.74) is 8.41. The van der Waals surface area contributed by atoms with Gasteiger partial charge in [-0.25, -0.2) is 9.97 Å². The van der Waals surface area contributed by atoms with Crippen molar-refractivity contribution in [2.24, 2.45) is 5.73 Å². The second-order valence-corrected chi connectivity index (χ2v) is 8.45. The minimum Gasteiger partial charge on any atom is -0.368 e. The summed E-state index contributed by atoms with van der Waals surface area (Å²) in [6.45, 7) is 2.78. The quantitative estimate of drug-likeness (QED) is 0.490. The third-order valence-electron chi connectivity index (χ3n) is 5.94. The zero-order chi connectivity index (χ0) is 22.8. The Bertz CT molecular complexity index is 1270. The van der Waals surface area contributed by atoms with Crippen molar-refractivity contribution in [1.82, 2.24) is 19.9 Å². The number of piperazine rings is 1. The molecule has 1 unspecified atom stereocenters. The van der Waals surface area contributed by atoms with Gasteiger partial charge in [-0.15, -0.1) is 0 Å². The van der Waals surface area contributed by atoms with Gasteiger partial charge in [-0.05, 0) is 42.0 Å². The molecule has 4 aromatic rings.